The molecule has 0 spiro atoms. The Morgan fingerprint density at radius 2 is 1.91 bits per heavy atom. The average molecular weight is 442 g/mol. The number of aryl methyl sites for hydroxylation is 1. The number of hydrogen-bond acceptors (Lipinski definition) is 4. The maximum atomic E-state index is 12.9. The summed E-state index contributed by atoms with van der Waals surface area (Å²) < 4.78 is 40.0. The van der Waals surface area contributed by atoms with Crippen molar-refractivity contribution in [3.05, 3.63) is 71.2 Å². The molecule has 0 radical (unpaired) electrons. The predicted molar refractivity (Wildman–Crippen MR) is 116 cm³/mol. The molecule has 0 amide bonds. The van der Waals surface area contributed by atoms with Crippen LogP contribution in [0.25, 0.3) is 5.69 Å². The van der Waals surface area contributed by atoms with Gasteiger partial charge >= 0.3 is 6.18 Å². The molecule has 32 heavy (non-hydrogen) atoms. The SMILES string of the molecule is Cc1cc(-n2cc(C(F)(F)F)cn2)ccc1CN(c1ccc(C=O)cn1)C1CCCCC1. The quantitative estimate of drug-likeness (QED) is 0.457. The zero-order chi connectivity index (χ0) is 22.7. The molecular formula is C24H25F3N4O. The molecule has 0 N–H and O–H groups in total. The number of benzene rings is 1. The minimum atomic E-state index is -4.42. The van der Waals surface area contributed by atoms with E-state index >= 15 is 0 Å². The third-order valence-electron chi connectivity index (χ3n) is 6.06. The Morgan fingerprint density at radius 3 is 2.50 bits per heavy atom. The molecule has 1 fully saturated rings. The summed E-state index contributed by atoms with van der Waals surface area (Å²) in [5.74, 6) is 0.827. The predicted octanol–water partition coefficient (Wildman–Crippen LogP) is 5.75. The number of carbonyl (C=O) groups excluding carboxylic acids is 1. The van der Waals surface area contributed by atoms with Crippen molar-refractivity contribution < 1.29 is 18.0 Å². The van der Waals surface area contributed by atoms with Gasteiger partial charge < -0.3 is 4.90 Å². The van der Waals surface area contributed by atoms with Gasteiger partial charge in [0.1, 0.15) is 5.82 Å². The summed E-state index contributed by atoms with van der Waals surface area (Å²) in [6.45, 7) is 2.59. The van der Waals surface area contributed by atoms with Gasteiger partial charge in [-0.05, 0) is 55.2 Å². The zero-order valence-electron chi connectivity index (χ0n) is 17.8. The highest BCUT2D eigenvalue weighted by Gasteiger charge is 2.32. The topological polar surface area (TPSA) is 51.0 Å². The highest BCUT2D eigenvalue weighted by molar-refractivity contribution is 5.74. The van der Waals surface area contributed by atoms with Crippen molar-refractivity contribution in [2.24, 2.45) is 0 Å². The number of halogens is 3. The van der Waals surface area contributed by atoms with Crippen molar-refractivity contribution in [3.8, 4) is 5.69 Å². The summed E-state index contributed by atoms with van der Waals surface area (Å²) in [7, 11) is 0. The number of rotatable bonds is 6. The summed E-state index contributed by atoms with van der Waals surface area (Å²) >= 11 is 0. The van der Waals surface area contributed by atoms with E-state index in [2.05, 4.69) is 15.0 Å². The van der Waals surface area contributed by atoms with E-state index in [1.54, 1.807) is 18.3 Å². The molecule has 1 aliphatic carbocycles. The summed E-state index contributed by atoms with van der Waals surface area (Å²) in [4.78, 5) is 17.8. The minimum absolute atomic E-state index is 0.359. The van der Waals surface area contributed by atoms with Crippen LogP contribution in [0.3, 0.4) is 0 Å². The first-order valence-electron chi connectivity index (χ1n) is 10.7. The van der Waals surface area contributed by atoms with E-state index in [1.165, 1.54) is 23.9 Å². The van der Waals surface area contributed by atoms with Crippen molar-refractivity contribution in [3.63, 3.8) is 0 Å². The molecule has 4 rings (SSSR count). The summed E-state index contributed by atoms with van der Waals surface area (Å²) in [6.07, 6.45) is 5.54. The van der Waals surface area contributed by atoms with E-state index in [0.717, 1.165) is 48.5 Å². The summed E-state index contributed by atoms with van der Waals surface area (Å²) in [6, 6.07) is 9.59. The summed E-state index contributed by atoms with van der Waals surface area (Å²) in [5.41, 5.74) is 2.39. The van der Waals surface area contributed by atoms with Crippen LogP contribution < -0.4 is 4.90 Å². The first-order chi connectivity index (χ1) is 15.3. The van der Waals surface area contributed by atoms with Crippen LogP contribution in [0.2, 0.25) is 0 Å². The number of carbonyl (C=O) groups is 1. The van der Waals surface area contributed by atoms with Crippen LogP contribution in [0.1, 0.15) is 59.2 Å². The lowest BCUT2D eigenvalue weighted by Crippen LogP contribution is -2.37. The van der Waals surface area contributed by atoms with Crippen LogP contribution in [0.4, 0.5) is 19.0 Å². The van der Waals surface area contributed by atoms with Gasteiger partial charge in [-0.25, -0.2) is 9.67 Å². The van der Waals surface area contributed by atoms with E-state index in [0.29, 0.717) is 23.8 Å². The van der Waals surface area contributed by atoms with Gasteiger partial charge in [0.2, 0.25) is 0 Å². The fourth-order valence-corrected chi connectivity index (χ4v) is 4.22. The highest BCUT2D eigenvalue weighted by Crippen LogP contribution is 2.31. The molecule has 1 aliphatic rings. The van der Waals surface area contributed by atoms with Crippen LogP contribution >= 0.6 is 0 Å². The van der Waals surface area contributed by atoms with E-state index in [-0.39, 0.29) is 0 Å². The molecule has 168 valence electrons. The standard InChI is InChI=1S/C24H25F3N4O/c1-17-11-22(31-15-20(13-29-31)24(25,26)27)9-8-19(17)14-30(21-5-3-2-4-6-21)23-10-7-18(16-32)12-28-23/h7-13,15-16,21H,2-6,14H2,1H3. The van der Waals surface area contributed by atoms with Gasteiger partial charge in [-0.15, -0.1) is 0 Å². The van der Waals surface area contributed by atoms with E-state index in [4.69, 9.17) is 0 Å². The Kier molecular flexibility index (Phi) is 6.30. The van der Waals surface area contributed by atoms with Gasteiger partial charge in [-0.1, -0.05) is 25.3 Å². The Labute approximate surface area is 184 Å². The molecule has 0 atom stereocenters. The second-order valence-electron chi connectivity index (χ2n) is 8.27. The molecule has 0 aliphatic heterocycles. The van der Waals surface area contributed by atoms with Crippen molar-refractivity contribution in [1.82, 2.24) is 14.8 Å². The third-order valence-corrected chi connectivity index (χ3v) is 6.06. The lowest BCUT2D eigenvalue weighted by atomic mass is 9.93. The van der Waals surface area contributed by atoms with Crippen molar-refractivity contribution in [2.75, 3.05) is 4.90 Å². The number of alkyl halides is 3. The first kappa shape index (κ1) is 22.0. The maximum Gasteiger partial charge on any atom is 0.419 e. The second-order valence-corrected chi connectivity index (χ2v) is 8.27. The first-order valence-corrected chi connectivity index (χ1v) is 10.7. The van der Waals surface area contributed by atoms with Crippen molar-refractivity contribution in [2.45, 2.75) is 57.8 Å². The fourth-order valence-electron chi connectivity index (χ4n) is 4.22. The molecule has 0 saturated heterocycles. The number of aldehydes is 1. The van der Waals surface area contributed by atoms with Gasteiger partial charge in [0.05, 0.1) is 17.4 Å². The molecule has 2 heterocycles. The lowest BCUT2D eigenvalue weighted by molar-refractivity contribution is -0.137. The molecule has 2 aromatic heterocycles. The molecule has 0 bridgehead atoms. The fraction of sp³-hybridized carbons (Fsp3) is 0.375. The minimum Gasteiger partial charge on any atom is -0.349 e. The molecular weight excluding hydrogens is 417 g/mol. The second kappa shape index (κ2) is 9.14. The van der Waals surface area contributed by atoms with E-state index < -0.39 is 11.7 Å². The molecule has 8 heteroatoms. The van der Waals surface area contributed by atoms with E-state index in [9.17, 15) is 18.0 Å². The number of aromatic nitrogens is 3. The van der Waals surface area contributed by atoms with Crippen molar-refractivity contribution >= 4 is 12.1 Å². The highest BCUT2D eigenvalue weighted by atomic mass is 19.4. The van der Waals surface area contributed by atoms with Crippen LogP contribution in [-0.2, 0) is 12.7 Å². The Morgan fingerprint density at radius 1 is 1.12 bits per heavy atom. The Hall–Kier alpha value is -3.16. The van der Waals surface area contributed by atoms with Crippen LogP contribution in [0.15, 0.2) is 48.9 Å². The van der Waals surface area contributed by atoms with Crippen LogP contribution in [0, 0.1) is 6.92 Å². The Balaban J connectivity index is 1.60. The van der Waals surface area contributed by atoms with Gasteiger partial charge in [-0.2, -0.15) is 18.3 Å². The summed E-state index contributed by atoms with van der Waals surface area (Å²) in [5, 5.41) is 3.87. The monoisotopic (exact) mass is 442 g/mol. The number of hydrogen-bond donors (Lipinski definition) is 0. The number of pyridine rings is 1. The Bertz CT molecular complexity index is 1070. The van der Waals surface area contributed by atoms with Gasteiger partial charge in [0.25, 0.3) is 0 Å². The van der Waals surface area contributed by atoms with Gasteiger partial charge in [0, 0.05) is 30.5 Å². The lowest BCUT2D eigenvalue weighted by Gasteiger charge is -2.36. The number of nitrogens with zero attached hydrogens (tertiary/aromatic N) is 4. The zero-order valence-corrected chi connectivity index (χ0v) is 17.8. The molecule has 1 aromatic carbocycles. The smallest absolute Gasteiger partial charge is 0.349 e. The molecule has 3 aromatic rings. The largest absolute Gasteiger partial charge is 0.419 e. The van der Waals surface area contributed by atoms with Gasteiger partial charge in [0.15, 0.2) is 6.29 Å². The third kappa shape index (κ3) is 4.84. The van der Waals surface area contributed by atoms with Crippen LogP contribution in [0.5, 0.6) is 0 Å². The normalized spacial score (nSPS) is 15.0. The average Bonchev–Trinajstić information content (AvgIpc) is 3.30. The number of anilines is 1. The maximum absolute atomic E-state index is 12.9. The van der Waals surface area contributed by atoms with Crippen LogP contribution in [-0.4, -0.2) is 27.1 Å². The molecule has 5 nitrogen and oxygen atoms in total. The van der Waals surface area contributed by atoms with Crippen molar-refractivity contribution in [1.29, 1.82) is 0 Å². The molecule has 0 unspecified atom stereocenters. The van der Waals surface area contributed by atoms with Gasteiger partial charge in [-0.3, -0.25) is 4.79 Å². The molecule has 1 saturated carbocycles. The van der Waals surface area contributed by atoms with E-state index in [1.807, 2.05) is 25.1 Å².